The molecule has 1 saturated carbocycles. The molecule has 1 saturated heterocycles. The van der Waals surface area contributed by atoms with Crippen LogP contribution in [0.1, 0.15) is 38.2 Å². The van der Waals surface area contributed by atoms with Crippen LogP contribution in [-0.4, -0.2) is 48.6 Å². The zero-order valence-corrected chi connectivity index (χ0v) is 16.9. The molecule has 1 aliphatic heterocycles. The first kappa shape index (κ1) is 21.8. The molecule has 2 aliphatic rings. The average molecular weight is 425 g/mol. The van der Waals surface area contributed by atoms with Crippen molar-refractivity contribution in [2.75, 3.05) is 13.7 Å². The lowest BCUT2D eigenvalue weighted by molar-refractivity contribution is -0.137. The van der Waals surface area contributed by atoms with Crippen molar-refractivity contribution < 1.29 is 32.6 Å². The van der Waals surface area contributed by atoms with Gasteiger partial charge >= 0.3 is 12.6 Å². The number of carbonyl (C=O) groups excluding carboxylic acids is 3. The van der Waals surface area contributed by atoms with Gasteiger partial charge in [0.25, 0.3) is 5.91 Å². The van der Waals surface area contributed by atoms with Crippen molar-refractivity contribution in [3.63, 3.8) is 0 Å². The van der Waals surface area contributed by atoms with E-state index in [-0.39, 0.29) is 42.4 Å². The number of benzene rings is 1. The van der Waals surface area contributed by atoms with Crippen molar-refractivity contribution in [3.05, 3.63) is 23.8 Å². The molecule has 10 heteroatoms. The highest BCUT2D eigenvalue weighted by atomic mass is 19.3. The third kappa shape index (κ3) is 4.63. The van der Waals surface area contributed by atoms with Gasteiger partial charge in [0.15, 0.2) is 11.5 Å². The molecule has 1 spiro atoms. The molecular formula is C20H25F2N3O5. The van der Waals surface area contributed by atoms with Crippen LogP contribution in [0, 0.1) is 5.92 Å². The summed E-state index contributed by atoms with van der Waals surface area (Å²) in [5.41, 5.74) is -0.190. The minimum atomic E-state index is -2.96. The fourth-order valence-corrected chi connectivity index (χ4v) is 4.01. The van der Waals surface area contributed by atoms with E-state index in [2.05, 4.69) is 15.4 Å². The number of urea groups is 1. The molecule has 1 aromatic rings. The molecular weight excluding hydrogens is 400 g/mol. The van der Waals surface area contributed by atoms with Gasteiger partial charge in [-0.2, -0.15) is 8.78 Å². The number of nitrogens with zero attached hydrogens (tertiary/aromatic N) is 1. The number of amides is 4. The maximum Gasteiger partial charge on any atom is 0.387 e. The van der Waals surface area contributed by atoms with Gasteiger partial charge in [-0.15, -0.1) is 0 Å². The Morgan fingerprint density at radius 1 is 1.27 bits per heavy atom. The number of rotatable bonds is 7. The van der Waals surface area contributed by atoms with Crippen molar-refractivity contribution in [2.45, 2.75) is 51.3 Å². The highest BCUT2D eigenvalue weighted by Gasteiger charge is 2.49. The molecule has 0 aromatic heterocycles. The van der Waals surface area contributed by atoms with Crippen LogP contribution >= 0.6 is 0 Å². The van der Waals surface area contributed by atoms with Crippen molar-refractivity contribution in [1.82, 2.24) is 15.5 Å². The van der Waals surface area contributed by atoms with Gasteiger partial charge in [0.2, 0.25) is 5.91 Å². The third-order valence-electron chi connectivity index (χ3n) is 5.52. The number of halogens is 2. The first-order valence-corrected chi connectivity index (χ1v) is 9.83. The number of hydrogen-bond donors (Lipinski definition) is 2. The van der Waals surface area contributed by atoms with Crippen LogP contribution in [0.15, 0.2) is 18.2 Å². The number of imide groups is 1. The molecule has 1 aliphatic carbocycles. The fraction of sp³-hybridized carbons (Fsp3) is 0.550. The Balaban J connectivity index is 1.61. The fourth-order valence-electron chi connectivity index (χ4n) is 4.01. The monoisotopic (exact) mass is 425 g/mol. The molecule has 0 atom stereocenters. The summed E-state index contributed by atoms with van der Waals surface area (Å²) in [6.45, 7) is -0.670. The van der Waals surface area contributed by atoms with E-state index in [4.69, 9.17) is 4.74 Å². The Morgan fingerprint density at radius 3 is 2.53 bits per heavy atom. The molecule has 1 heterocycles. The lowest BCUT2D eigenvalue weighted by atomic mass is 9.76. The van der Waals surface area contributed by atoms with Gasteiger partial charge in [-0.25, -0.2) is 4.79 Å². The van der Waals surface area contributed by atoms with Gasteiger partial charge in [0, 0.05) is 19.5 Å². The SMILES string of the molecule is CCOc1cc(CN(C)C(=O)C2CCC3(CC2)NC(=O)NC3=O)ccc1OC(F)F. The first-order valence-electron chi connectivity index (χ1n) is 9.83. The van der Waals surface area contributed by atoms with Crippen LogP contribution in [0.3, 0.4) is 0 Å². The summed E-state index contributed by atoms with van der Waals surface area (Å²) >= 11 is 0. The van der Waals surface area contributed by atoms with E-state index >= 15 is 0 Å². The highest BCUT2D eigenvalue weighted by Crippen LogP contribution is 2.35. The second-order valence-electron chi connectivity index (χ2n) is 7.55. The third-order valence-corrected chi connectivity index (χ3v) is 5.52. The summed E-state index contributed by atoms with van der Waals surface area (Å²) in [7, 11) is 1.67. The van der Waals surface area contributed by atoms with E-state index in [1.54, 1.807) is 31.0 Å². The molecule has 2 N–H and O–H groups in total. The minimum absolute atomic E-state index is 0.0564. The molecule has 0 unspecified atom stereocenters. The van der Waals surface area contributed by atoms with Crippen LogP contribution in [0.4, 0.5) is 13.6 Å². The Kier molecular flexibility index (Phi) is 6.42. The van der Waals surface area contributed by atoms with Crippen molar-refractivity contribution in [1.29, 1.82) is 0 Å². The zero-order valence-electron chi connectivity index (χ0n) is 16.9. The molecule has 3 rings (SSSR count). The van der Waals surface area contributed by atoms with Gasteiger partial charge in [-0.1, -0.05) is 6.07 Å². The molecule has 164 valence electrons. The average Bonchev–Trinajstić information content (AvgIpc) is 2.96. The Bertz CT molecular complexity index is 825. The maximum absolute atomic E-state index is 12.9. The molecule has 0 bridgehead atoms. The summed E-state index contributed by atoms with van der Waals surface area (Å²) in [5.74, 6) is -0.515. The Hall–Kier alpha value is -2.91. The van der Waals surface area contributed by atoms with E-state index < -0.39 is 18.2 Å². The Labute approximate surface area is 172 Å². The van der Waals surface area contributed by atoms with Crippen LogP contribution in [-0.2, 0) is 16.1 Å². The van der Waals surface area contributed by atoms with Crippen molar-refractivity contribution in [2.24, 2.45) is 5.92 Å². The van der Waals surface area contributed by atoms with Gasteiger partial charge in [0.05, 0.1) is 6.61 Å². The number of ether oxygens (including phenoxy) is 2. The molecule has 1 aromatic carbocycles. The zero-order chi connectivity index (χ0) is 21.9. The molecule has 2 fully saturated rings. The summed E-state index contributed by atoms with van der Waals surface area (Å²) < 4.78 is 34.9. The van der Waals surface area contributed by atoms with E-state index in [0.29, 0.717) is 31.2 Å². The maximum atomic E-state index is 12.9. The number of hydrogen-bond acceptors (Lipinski definition) is 5. The van der Waals surface area contributed by atoms with Gasteiger partial charge < -0.3 is 19.7 Å². The highest BCUT2D eigenvalue weighted by molar-refractivity contribution is 6.07. The number of nitrogens with one attached hydrogen (secondary N) is 2. The first-order chi connectivity index (χ1) is 14.2. The Morgan fingerprint density at radius 2 is 1.97 bits per heavy atom. The predicted molar refractivity (Wildman–Crippen MR) is 102 cm³/mol. The molecule has 8 nitrogen and oxygen atoms in total. The van der Waals surface area contributed by atoms with Gasteiger partial charge in [-0.05, 0) is 50.3 Å². The van der Waals surface area contributed by atoms with E-state index in [1.165, 1.54) is 6.07 Å². The second kappa shape index (κ2) is 8.85. The second-order valence-corrected chi connectivity index (χ2v) is 7.55. The van der Waals surface area contributed by atoms with Crippen molar-refractivity contribution in [3.8, 4) is 11.5 Å². The lowest BCUT2D eigenvalue weighted by Gasteiger charge is -2.35. The molecule has 4 amide bonds. The van der Waals surface area contributed by atoms with Crippen molar-refractivity contribution >= 4 is 17.8 Å². The molecule has 30 heavy (non-hydrogen) atoms. The number of carbonyl (C=O) groups is 3. The van der Waals surface area contributed by atoms with Gasteiger partial charge in [-0.3, -0.25) is 14.9 Å². The number of alkyl halides is 2. The van der Waals surface area contributed by atoms with Crippen LogP contribution < -0.4 is 20.1 Å². The largest absolute Gasteiger partial charge is 0.490 e. The summed E-state index contributed by atoms with van der Waals surface area (Å²) in [6.07, 6.45) is 1.79. The summed E-state index contributed by atoms with van der Waals surface area (Å²) in [6, 6.07) is 4.10. The normalized spacial score (nSPS) is 23.3. The minimum Gasteiger partial charge on any atom is -0.490 e. The van der Waals surface area contributed by atoms with E-state index in [1.807, 2.05) is 0 Å². The van der Waals surface area contributed by atoms with Crippen LogP contribution in [0.2, 0.25) is 0 Å². The van der Waals surface area contributed by atoms with Crippen LogP contribution in [0.25, 0.3) is 0 Å². The van der Waals surface area contributed by atoms with E-state index in [0.717, 1.165) is 0 Å². The quantitative estimate of drug-likeness (QED) is 0.654. The lowest BCUT2D eigenvalue weighted by Crippen LogP contribution is -2.50. The standard InChI is InChI=1S/C20H25F2N3O5/c1-3-29-15-10-12(4-5-14(15)30-18(21)22)11-25(2)16(26)13-6-8-20(9-7-13)17(27)23-19(28)24-20/h4-5,10,13,18H,3,6-9,11H2,1-2H3,(H2,23,24,27,28). The predicted octanol–water partition coefficient (Wildman–Crippen LogP) is 2.41. The van der Waals surface area contributed by atoms with Gasteiger partial charge in [0.1, 0.15) is 5.54 Å². The topological polar surface area (TPSA) is 97.0 Å². The van der Waals surface area contributed by atoms with Crippen LogP contribution in [0.5, 0.6) is 11.5 Å². The summed E-state index contributed by atoms with van der Waals surface area (Å²) in [4.78, 5) is 37.9. The summed E-state index contributed by atoms with van der Waals surface area (Å²) in [5, 5.41) is 4.94. The van der Waals surface area contributed by atoms with E-state index in [9.17, 15) is 23.2 Å². The molecule has 0 radical (unpaired) electrons. The smallest absolute Gasteiger partial charge is 0.387 e.